The van der Waals surface area contributed by atoms with E-state index in [2.05, 4.69) is 10.4 Å². The van der Waals surface area contributed by atoms with Crippen molar-refractivity contribution in [3.63, 3.8) is 0 Å². The van der Waals surface area contributed by atoms with Gasteiger partial charge in [-0.15, -0.1) is 0 Å². The average Bonchev–Trinajstić information content (AvgIpc) is 3.07. The van der Waals surface area contributed by atoms with Crippen LogP contribution in [0.15, 0.2) is 24.3 Å². The molecule has 0 radical (unpaired) electrons. The largest absolute Gasteiger partial charge is 0.484 e. The van der Waals surface area contributed by atoms with E-state index in [1.54, 1.807) is 28.8 Å². The standard InChI is InChI=1S/C20H27ClN4O6S/c1-10(2)24-15(9-30-13-7-5-4-6-12(13)21)23-25(20(24)32)19-16(22-11(3)27)18(29)17(28)14(8-26)31-19/h4-7,10,14,16-19,26,28-29H,8-9H2,1-3H3,(H,22,27)/t14-,16-,17+,18-,19+/m0/s1. The van der Waals surface area contributed by atoms with Crippen molar-refractivity contribution < 1.29 is 29.6 Å². The number of hydrogen-bond donors (Lipinski definition) is 4. The van der Waals surface area contributed by atoms with E-state index in [1.165, 1.54) is 11.6 Å². The second kappa shape index (κ2) is 10.3. The Labute approximate surface area is 195 Å². The van der Waals surface area contributed by atoms with E-state index in [-0.39, 0.29) is 17.4 Å². The molecule has 1 fully saturated rings. The van der Waals surface area contributed by atoms with E-state index >= 15 is 0 Å². The summed E-state index contributed by atoms with van der Waals surface area (Å²) in [6, 6.07) is 5.89. The van der Waals surface area contributed by atoms with Gasteiger partial charge in [-0.3, -0.25) is 9.36 Å². The van der Waals surface area contributed by atoms with E-state index in [0.717, 1.165) is 0 Å². The first-order chi connectivity index (χ1) is 15.1. The maximum atomic E-state index is 11.7. The number of hydrogen-bond acceptors (Lipinski definition) is 8. The third-order valence-corrected chi connectivity index (χ3v) is 5.82. The number of para-hydroxylation sites is 1. The zero-order chi connectivity index (χ0) is 23.6. The number of nitrogens with zero attached hydrogens (tertiary/aromatic N) is 3. The number of aromatic nitrogens is 3. The highest BCUT2D eigenvalue weighted by Crippen LogP contribution is 2.30. The molecule has 0 unspecified atom stereocenters. The van der Waals surface area contributed by atoms with Crippen molar-refractivity contribution in [1.82, 2.24) is 19.7 Å². The van der Waals surface area contributed by atoms with E-state index in [0.29, 0.717) is 16.6 Å². The molecule has 5 atom stereocenters. The van der Waals surface area contributed by atoms with Crippen LogP contribution in [0.4, 0.5) is 0 Å². The Bertz CT molecular complexity index is 1010. The molecule has 2 aromatic rings. The van der Waals surface area contributed by atoms with Gasteiger partial charge in [0.2, 0.25) is 10.7 Å². The van der Waals surface area contributed by atoms with Crippen molar-refractivity contribution in [2.75, 3.05) is 6.61 Å². The van der Waals surface area contributed by atoms with Gasteiger partial charge < -0.3 is 30.1 Å². The lowest BCUT2D eigenvalue weighted by molar-refractivity contribution is -0.219. The van der Waals surface area contributed by atoms with Gasteiger partial charge in [-0.1, -0.05) is 23.7 Å². The van der Waals surface area contributed by atoms with Gasteiger partial charge in [-0.25, -0.2) is 4.68 Å². The van der Waals surface area contributed by atoms with Crippen molar-refractivity contribution in [2.45, 2.75) is 64.0 Å². The molecule has 176 valence electrons. The van der Waals surface area contributed by atoms with Crippen molar-refractivity contribution >= 4 is 29.7 Å². The van der Waals surface area contributed by atoms with Gasteiger partial charge in [0, 0.05) is 13.0 Å². The summed E-state index contributed by atoms with van der Waals surface area (Å²) in [5.74, 6) is 0.513. The van der Waals surface area contributed by atoms with Crippen molar-refractivity contribution in [2.24, 2.45) is 0 Å². The number of rotatable bonds is 7. The van der Waals surface area contributed by atoms with Crippen LogP contribution in [0, 0.1) is 4.77 Å². The molecule has 0 bridgehead atoms. The Morgan fingerprint density at radius 1 is 1.34 bits per heavy atom. The molecule has 3 rings (SSSR count). The molecule has 1 aromatic heterocycles. The number of benzene rings is 1. The highest BCUT2D eigenvalue weighted by atomic mass is 35.5. The van der Waals surface area contributed by atoms with Crippen LogP contribution in [0.25, 0.3) is 0 Å². The Kier molecular flexibility index (Phi) is 7.91. The van der Waals surface area contributed by atoms with Gasteiger partial charge >= 0.3 is 0 Å². The number of ether oxygens (including phenoxy) is 2. The Balaban J connectivity index is 1.99. The molecule has 12 heteroatoms. The van der Waals surface area contributed by atoms with E-state index < -0.39 is 43.1 Å². The van der Waals surface area contributed by atoms with Crippen molar-refractivity contribution in [3.05, 3.63) is 39.9 Å². The van der Waals surface area contributed by atoms with Crippen LogP contribution in [0.5, 0.6) is 5.75 Å². The molecule has 0 spiro atoms. The quantitative estimate of drug-likeness (QED) is 0.431. The summed E-state index contributed by atoms with van der Waals surface area (Å²) in [5.41, 5.74) is 0. The normalized spacial score (nSPS) is 25.7. The van der Waals surface area contributed by atoms with Gasteiger partial charge in [0.1, 0.15) is 36.7 Å². The predicted octanol–water partition coefficient (Wildman–Crippen LogP) is 1.34. The van der Waals surface area contributed by atoms with Crippen LogP contribution in [-0.2, 0) is 16.1 Å². The van der Waals surface area contributed by atoms with Crippen LogP contribution in [-0.4, -0.2) is 66.5 Å². The molecule has 1 aromatic carbocycles. The summed E-state index contributed by atoms with van der Waals surface area (Å²) < 4.78 is 15.0. The second-order valence-corrected chi connectivity index (χ2v) is 8.55. The molecule has 2 heterocycles. The minimum Gasteiger partial charge on any atom is -0.484 e. The first-order valence-electron chi connectivity index (χ1n) is 10.1. The average molecular weight is 487 g/mol. The Hall–Kier alpha value is -2.02. The van der Waals surface area contributed by atoms with Crippen LogP contribution in [0.2, 0.25) is 5.02 Å². The summed E-state index contributed by atoms with van der Waals surface area (Å²) in [4.78, 5) is 11.7. The number of aliphatic hydroxyl groups is 3. The molecule has 1 aliphatic rings. The van der Waals surface area contributed by atoms with Gasteiger partial charge in [0.15, 0.2) is 12.1 Å². The number of halogens is 1. The summed E-state index contributed by atoms with van der Waals surface area (Å²) in [6.45, 7) is 4.63. The third kappa shape index (κ3) is 4.98. The molecule has 1 saturated heterocycles. The minimum absolute atomic E-state index is 0.0463. The number of carbonyl (C=O) groups is 1. The van der Waals surface area contributed by atoms with E-state index in [9.17, 15) is 20.1 Å². The van der Waals surface area contributed by atoms with Gasteiger partial charge in [-0.05, 0) is 38.2 Å². The van der Waals surface area contributed by atoms with Crippen LogP contribution >= 0.6 is 23.8 Å². The summed E-state index contributed by atoms with van der Waals surface area (Å²) in [7, 11) is 0. The number of carbonyl (C=O) groups excluding carboxylic acids is 1. The van der Waals surface area contributed by atoms with E-state index in [4.69, 9.17) is 33.3 Å². The molecule has 32 heavy (non-hydrogen) atoms. The first-order valence-corrected chi connectivity index (χ1v) is 10.9. The molecule has 0 saturated carbocycles. The predicted molar refractivity (Wildman–Crippen MR) is 118 cm³/mol. The molecule has 4 N–H and O–H groups in total. The Morgan fingerprint density at radius 3 is 2.62 bits per heavy atom. The van der Waals surface area contributed by atoms with E-state index in [1.807, 2.05) is 13.8 Å². The zero-order valence-corrected chi connectivity index (χ0v) is 19.5. The maximum Gasteiger partial charge on any atom is 0.217 e. The highest BCUT2D eigenvalue weighted by Gasteiger charge is 2.46. The number of aliphatic hydroxyl groups excluding tert-OH is 3. The summed E-state index contributed by atoms with van der Waals surface area (Å²) in [5, 5.41) is 38.0. The van der Waals surface area contributed by atoms with Gasteiger partial charge in [0.25, 0.3) is 0 Å². The molecule has 1 amide bonds. The number of nitrogens with one attached hydrogen (secondary N) is 1. The highest BCUT2D eigenvalue weighted by molar-refractivity contribution is 7.71. The summed E-state index contributed by atoms with van der Waals surface area (Å²) >= 11 is 11.8. The monoisotopic (exact) mass is 486 g/mol. The van der Waals surface area contributed by atoms with Gasteiger partial charge in [-0.2, -0.15) is 5.10 Å². The molecule has 10 nitrogen and oxygen atoms in total. The fourth-order valence-corrected chi connectivity index (χ4v) is 4.27. The fraction of sp³-hybridized carbons (Fsp3) is 0.550. The lowest BCUT2D eigenvalue weighted by atomic mass is 9.96. The SMILES string of the molecule is CC(=O)N[C@H]1[C@H](O)[C@H](O)[C@H](CO)O[C@H]1n1nc(COc2ccccc2Cl)n(C(C)C)c1=S. The fourth-order valence-electron chi connectivity index (χ4n) is 3.62. The second-order valence-electron chi connectivity index (χ2n) is 7.78. The minimum atomic E-state index is -1.41. The van der Waals surface area contributed by atoms with Crippen LogP contribution in [0.1, 0.15) is 38.9 Å². The molecular weight excluding hydrogens is 460 g/mol. The van der Waals surface area contributed by atoms with Crippen LogP contribution < -0.4 is 10.1 Å². The lowest BCUT2D eigenvalue weighted by Gasteiger charge is -2.42. The number of amides is 1. The first kappa shape index (κ1) is 24.6. The van der Waals surface area contributed by atoms with Crippen molar-refractivity contribution in [1.29, 1.82) is 0 Å². The zero-order valence-electron chi connectivity index (χ0n) is 17.9. The maximum absolute atomic E-state index is 11.7. The Morgan fingerprint density at radius 2 is 2.03 bits per heavy atom. The summed E-state index contributed by atoms with van der Waals surface area (Å²) in [6.07, 6.45) is -4.98. The van der Waals surface area contributed by atoms with Gasteiger partial charge in [0.05, 0.1) is 11.6 Å². The molecule has 0 aliphatic carbocycles. The van der Waals surface area contributed by atoms with Crippen LogP contribution in [0.3, 0.4) is 0 Å². The molecule has 1 aliphatic heterocycles. The third-order valence-electron chi connectivity index (χ3n) is 5.12. The smallest absolute Gasteiger partial charge is 0.217 e. The lowest BCUT2D eigenvalue weighted by Crippen LogP contribution is -2.62. The molecular formula is C20H27ClN4O6S. The van der Waals surface area contributed by atoms with Crippen molar-refractivity contribution in [3.8, 4) is 5.75 Å². The topological polar surface area (TPSA) is 131 Å².